The molecule has 1 unspecified atom stereocenters. The van der Waals surface area contributed by atoms with E-state index in [9.17, 15) is 9.90 Å². The number of anilines is 1. The zero-order chi connectivity index (χ0) is 17.7. The van der Waals surface area contributed by atoms with Gasteiger partial charge in [0.05, 0.1) is 31.1 Å². The van der Waals surface area contributed by atoms with Crippen LogP contribution in [0.1, 0.15) is 32.5 Å². The molecular weight excluding hydrogens is 406 g/mol. The number of hydrogen-bond donors (Lipinski definition) is 4. The highest BCUT2D eigenvalue weighted by molar-refractivity contribution is 9.10. The lowest BCUT2D eigenvalue weighted by Crippen LogP contribution is -3.08. The third kappa shape index (κ3) is 2.78. The molecule has 0 radical (unpaired) electrons. The first-order valence-corrected chi connectivity index (χ1v) is 9.68. The minimum Gasteiger partial charge on any atom is -0.504 e. The molecule has 2 aromatic rings. The van der Waals surface area contributed by atoms with Crippen molar-refractivity contribution in [1.29, 1.82) is 0 Å². The highest BCUT2D eigenvalue weighted by Crippen LogP contribution is 2.42. The van der Waals surface area contributed by atoms with Crippen LogP contribution in [0.2, 0.25) is 0 Å². The van der Waals surface area contributed by atoms with Crippen molar-refractivity contribution in [2.24, 2.45) is 0 Å². The molecule has 0 bridgehead atoms. The highest BCUT2D eigenvalue weighted by atomic mass is 79.9. The number of phenols is 1. The van der Waals surface area contributed by atoms with Gasteiger partial charge in [0.1, 0.15) is 17.7 Å². The molecule has 2 atom stereocenters. The minimum atomic E-state index is -0.503. The van der Waals surface area contributed by atoms with Crippen LogP contribution in [0, 0.1) is 0 Å². The minimum absolute atomic E-state index is 0.0254. The number of carbonyl (C=O) groups is 1. The molecule has 25 heavy (non-hydrogen) atoms. The molecule has 0 aliphatic carbocycles. The predicted molar refractivity (Wildman–Crippen MR) is 99.7 cm³/mol. The summed E-state index contributed by atoms with van der Waals surface area (Å²) in [4.78, 5) is 15.5. The Bertz CT molecular complexity index is 867. The molecule has 4 rings (SSSR count). The summed E-state index contributed by atoms with van der Waals surface area (Å²) in [5.74, 6) is 0.300. The summed E-state index contributed by atoms with van der Waals surface area (Å²) in [6.45, 7) is 1.99. The van der Waals surface area contributed by atoms with Crippen molar-refractivity contribution in [3.63, 3.8) is 0 Å². The van der Waals surface area contributed by atoms with Crippen LogP contribution in [0.15, 0.2) is 16.6 Å². The Hall–Kier alpha value is -1.77. The third-order valence-corrected chi connectivity index (χ3v) is 6.35. The number of thiophene rings is 1. The van der Waals surface area contributed by atoms with Crippen molar-refractivity contribution in [2.75, 3.05) is 26.0 Å². The number of aromatic hydroxyl groups is 1. The molecule has 0 fully saturated rings. The molecule has 6 nitrogen and oxygen atoms in total. The SMILES string of the molecule is COc1cc(Br)cc([C@@H]2NC(=O)c3c(sc4c3CC[NH+](C)C4)N2)c1O. The fraction of sp³-hybridized carbons (Fsp3) is 0.353. The molecule has 8 heteroatoms. The lowest BCUT2D eigenvalue weighted by molar-refractivity contribution is -0.895. The fourth-order valence-electron chi connectivity index (χ4n) is 3.46. The molecule has 2 aliphatic heterocycles. The molecule has 1 aromatic heterocycles. The van der Waals surface area contributed by atoms with Crippen molar-refractivity contribution in [3.8, 4) is 11.5 Å². The zero-order valence-corrected chi connectivity index (χ0v) is 16.3. The van der Waals surface area contributed by atoms with E-state index in [1.807, 2.05) is 0 Å². The molecule has 0 spiro atoms. The summed E-state index contributed by atoms with van der Waals surface area (Å²) < 4.78 is 5.98. The van der Waals surface area contributed by atoms with E-state index in [4.69, 9.17) is 4.74 Å². The van der Waals surface area contributed by atoms with Crippen LogP contribution >= 0.6 is 27.3 Å². The second kappa shape index (κ2) is 6.19. The second-order valence-corrected chi connectivity index (χ2v) is 8.46. The van der Waals surface area contributed by atoms with Gasteiger partial charge >= 0.3 is 0 Å². The summed E-state index contributed by atoms with van der Waals surface area (Å²) in [7, 11) is 3.67. The Morgan fingerprint density at radius 3 is 2.96 bits per heavy atom. The van der Waals surface area contributed by atoms with Crippen LogP contribution in [0.3, 0.4) is 0 Å². The van der Waals surface area contributed by atoms with E-state index in [0.29, 0.717) is 11.3 Å². The van der Waals surface area contributed by atoms with Crippen LogP contribution in [0.4, 0.5) is 5.00 Å². The van der Waals surface area contributed by atoms with Crippen molar-refractivity contribution in [1.82, 2.24) is 5.32 Å². The van der Waals surface area contributed by atoms with Gasteiger partial charge in [-0.1, -0.05) is 15.9 Å². The van der Waals surface area contributed by atoms with Gasteiger partial charge in [-0.15, -0.1) is 11.3 Å². The molecule has 3 heterocycles. The first-order chi connectivity index (χ1) is 12.0. The molecule has 1 amide bonds. The van der Waals surface area contributed by atoms with Gasteiger partial charge in [0.15, 0.2) is 11.5 Å². The van der Waals surface area contributed by atoms with Gasteiger partial charge in [-0.05, 0) is 17.7 Å². The number of rotatable bonds is 2. The van der Waals surface area contributed by atoms with E-state index in [0.717, 1.165) is 34.5 Å². The highest BCUT2D eigenvalue weighted by Gasteiger charge is 2.35. The normalized spacial score (nSPS) is 21.8. The van der Waals surface area contributed by atoms with Crippen LogP contribution in [0.5, 0.6) is 11.5 Å². The number of methoxy groups -OCH3 is 1. The largest absolute Gasteiger partial charge is 0.504 e. The number of amides is 1. The number of quaternary nitrogens is 1. The van der Waals surface area contributed by atoms with Crippen LogP contribution in [0.25, 0.3) is 0 Å². The zero-order valence-electron chi connectivity index (χ0n) is 13.9. The van der Waals surface area contributed by atoms with E-state index in [1.165, 1.54) is 22.5 Å². The molecule has 132 valence electrons. The number of likely N-dealkylation sites (N-methyl/N-ethyl adjacent to an activating group) is 1. The Balaban J connectivity index is 1.73. The quantitative estimate of drug-likeness (QED) is 0.591. The number of hydrogen-bond acceptors (Lipinski definition) is 5. The number of ether oxygens (including phenoxy) is 1. The number of fused-ring (bicyclic) bond motifs is 3. The topological polar surface area (TPSA) is 75.0 Å². The average Bonchev–Trinajstić information content (AvgIpc) is 2.94. The number of benzene rings is 1. The van der Waals surface area contributed by atoms with Gasteiger partial charge in [-0.25, -0.2) is 0 Å². The average molecular weight is 425 g/mol. The van der Waals surface area contributed by atoms with Gasteiger partial charge in [0.25, 0.3) is 5.91 Å². The second-order valence-electron chi connectivity index (χ2n) is 6.44. The van der Waals surface area contributed by atoms with E-state index in [1.54, 1.807) is 23.5 Å². The fourth-order valence-corrected chi connectivity index (χ4v) is 5.30. The lowest BCUT2D eigenvalue weighted by atomic mass is 10.0. The number of carbonyl (C=O) groups excluding carboxylic acids is 1. The van der Waals surface area contributed by atoms with E-state index >= 15 is 0 Å². The molecule has 2 aliphatic rings. The van der Waals surface area contributed by atoms with Crippen LogP contribution in [-0.4, -0.2) is 31.7 Å². The summed E-state index contributed by atoms with van der Waals surface area (Å²) >= 11 is 5.07. The van der Waals surface area contributed by atoms with E-state index in [-0.39, 0.29) is 11.7 Å². The van der Waals surface area contributed by atoms with Crippen LogP contribution in [-0.2, 0) is 13.0 Å². The molecule has 4 N–H and O–H groups in total. The monoisotopic (exact) mass is 424 g/mol. The van der Waals surface area contributed by atoms with Gasteiger partial charge in [0.2, 0.25) is 0 Å². The Labute approximate surface area is 157 Å². The van der Waals surface area contributed by atoms with Gasteiger partial charge in [-0.2, -0.15) is 0 Å². The maximum atomic E-state index is 12.8. The third-order valence-electron chi connectivity index (χ3n) is 4.73. The Morgan fingerprint density at radius 2 is 2.20 bits per heavy atom. The number of nitrogens with one attached hydrogen (secondary N) is 3. The predicted octanol–water partition coefficient (Wildman–Crippen LogP) is 1.65. The lowest BCUT2D eigenvalue weighted by Gasteiger charge is -2.28. The van der Waals surface area contributed by atoms with Crippen LogP contribution < -0.4 is 20.3 Å². The standard InChI is InChI=1S/C17H18BrN3O3S/c1-21-4-3-9-12(7-21)25-17-13(9)16(23)19-15(20-17)10-5-8(18)6-11(24-2)14(10)22/h5-6,15,20,22H,3-4,7H2,1-2H3,(H,19,23)/p+1/t15-/m1/s1. The summed E-state index contributed by atoms with van der Waals surface area (Å²) in [5.41, 5.74) is 2.51. The Morgan fingerprint density at radius 1 is 1.40 bits per heavy atom. The smallest absolute Gasteiger partial charge is 0.256 e. The first kappa shape index (κ1) is 16.7. The maximum absolute atomic E-state index is 12.8. The van der Waals surface area contributed by atoms with E-state index < -0.39 is 6.17 Å². The van der Waals surface area contributed by atoms with Crippen molar-refractivity contribution in [3.05, 3.63) is 38.2 Å². The maximum Gasteiger partial charge on any atom is 0.256 e. The molecule has 1 aromatic carbocycles. The molecular formula is C17H19BrN3O3S+. The van der Waals surface area contributed by atoms with Crippen molar-refractivity contribution in [2.45, 2.75) is 19.1 Å². The summed E-state index contributed by atoms with van der Waals surface area (Å²) in [5, 5.41) is 17.7. The van der Waals surface area contributed by atoms with Gasteiger partial charge in [-0.3, -0.25) is 4.79 Å². The number of phenolic OH excluding ortho intramolecular Hbond substituents is 1. The van der Waals surface area contributed by atoms with Gasteiger partial charge < -0.3 is 25.4 Å². The summed E-state index contributed by atoms with van der Waals surface area (Å²) in [6.07, 6.45) is 0.416. The van der Waals surface area contributed by atoms with E-state index in [2.05, 4.69) is 33.6 Å². The first-order valence-electron chi connectivity index (χ1n) is 8.07. The number of halogens is 1. The van der Waals surface area contributed by atoms with Crippen molar-refractivity contribution < 1.29 is 19.5 Å². The van der Waals surface area contributed by atoms with Gasteiger partial charge in [0, 0.05) is 16.5 Å². The van der Waals surface area contributed by atoms with Crippen molar-refractivity contribution >= 4 is 38.2 Å². The Kier molecular flexibility index (Phi) is 4.13. The molecule has 0 saturated carbocycles. The summed E-state index contributed by atoms with van der Waals surface area (Å²) in [6, 6.07) is 3.48. The molecule has 0 saturated heterocycles.